The monoisotopic (exact) mass is 211 g/mol. The summed E-state index contributed by atoms with van der Waals surface area (Å²) in [6.07, 6.45) is 0. The molecule has 0 aliphatic rings. The summed E-state index contributed by atoms with van der Waals surface area (Å²) < 4.78 is 0. The van der Waals surface area contributed by atoms with Crippen molar-refractivity contribution in [3.63, 3.8) is 0 Å². The van der Waals surface area contributed by atoms with E-state index in [-0.39, 0.29) is 35.3 Å². The number of benzene rings is 1. The number of hydrogen-bond acceptors (Lipinski definition) is 2. The van der Waals surface area contributed by atoms with E-state index in [2.05, 4.69) is 0 Å². The van der Waals surface area contributed by atoms with Gasteiger partial charge in [0.05, 0.1) is 6.07 Å². The average molecular weight is 211 g/mol. The fourth-order valence-electron chi connectivity index (χ4n) is 1.53. The van der Waals surface area contributed by atoms with E-state index in [1.54, 1.807) is 0 Å². The van der Waals surface area contributed by atoms with Crippen LogP contribution in [0.3, 0.4) is 0 Å². The van der Waals surface area contributed by atoms with Crippen molar-refractivity contribution in [3.8, 4) is 6.07 Å². The van der Waals surface area contributed by atoms with Crippen molar-refractivity contribution in [2.24, 2.45) is 0 Å². The van der Waals surface area contributed by atoms with Crippen molar-refractivity contribution in [2.45, 2.75) is 26.7 Å². The number of carbonyl (C=O) groups excluding carboxylic acids is 1. The molecule has 2 nitrogen and oxygen atoms in total. The molecule has 0 aliphatic carbocycles. The molecule has 1 atom stereocenters. The molecule has 0 heterocycles. The van der Waals surface area contributed by atoms with Crippen molar-refractivity contribution in [2.75, 3.05) is 0 Å². The second-order valence-electron chi connectivity index (χ2n) is 3.53. The maximum absolute atomic E-state index is 11.2. The zero-order chi connectivity index (χ0) is 10.7. The normalized spacial score (nSPS) is 11.1. The first-order valence-electron chi connectivity index (χ1n) is 4.53. The van der Waals surface area contributed by atoms with E-state index in [9.17, 15) is 4.79 Å². The van der Waals surface area contributed by atoms with Gasteiger partial charge in [-0.3, -0.25) is 4.79 Å². The van der Waals surface area contributed by atoms with Crippen LogP contribution in [0.5, 0.6) is 0 Å². The predicted octanol–water partition coefficient (Wildman–Crippen LogP) is 1.85. The zero-order valence-corrected chi connectivity index (χ0v) is 8.66. The Balaban J connectivity index is 0.00000196. The van der Waals surface area contributed by atoms with Crippen molar-refractivity contribution in [3.05, 3.63) is 34.9 Å². The van der Waals surface area contributed by atoms with Gasteiger partial charge in [0.2, 0.25) is 0 Å². The molecule has 1 rings (SSSR count). The molecule has 1 aromatic rings. The number of Topliss-reactive ketones (excluding diaryl/α,β-unsaturated/α-hetero) is 1. The summed E-state index contributed by atoms with van der Waals surface area (Å²) in [5.74, 6) is -0.713. The summed E-state index contributed by atoms with van der Waals surface area (Å²) in [4.78, 5) is 11.2. The SMILES string of the molecule is CC(=O)C(C#N)c1ccc(C)cc1C.[NaH]. The minimum atomic E-state index is -0.615. The van der Waals surface area contributed by atoms with Gasteiger partial charge in [0.25, 0.3) is 0 Å². The van der Waals surface area contributed by atoms with Crippen molar-refractivity contribution in [1.29, 1.82) is 5.26 Å². The zero-order valence-electron chi connectivity index (χ0n) is 8.66. The summed E-state index contributed by atoms with van der Waals surface area (Å²) in [7, 11) is 0. The third kappa shape index (κ3) is 3.46. The number of nitriles is 1. The van der Waals surface area contributed by atoms with Crippen molar-refractivity contribution < 1.29 is 4.79 Å². The second kappa shape index (κ2) is 6.07. The van der Waals surface area contributed by atoms with E-state index >= 15 is 0 Å². The summed E-state index contributed by atoms with van der Waals surface area (Å²) in [5, 5.41) is 8.87. The quantitative estimate of drug-likeness (QED) is 0.700. The summed E-state index contributed by atoms with van der Waals surface area (Å²) >= 11 is 0. The molecule has 0 saturated carbocycles. The van der Waals surface area contributed by atoms with Gasteiger partial charge in [-0.2, -0.15) is 5.26 Å². The molecule has 0 aliphatic heterocycles. The van der Waals surface area contributed by atoms with Crippen LogP contribution in [0.25, 0.3) is 0 Å². The van der Waals surface area contributed by atoms with E-state index in [1.807, 2.05) is 38.1 Å². The molecular weight excluding hydrogens is 197 g/mol. The summed E-state index contributed by atoms with van der Waals surface area (Å²) in [5.41, 5.74) is 2.98. The Hall–Kier alpha value is -0.620. The standard InChI is InChI=1S/C12H13NO.Na.H/c1-8-4-5-11(9(2)6-8)12(7-13)10(3)14;;/h4-6,12H,1-3H3;;. The molecule has 0 saturated heterocycles. The summed E-state index contributed by atoms with van der Waals surface area (Å²) in [6, 6.07) is 7.80. The van der Waals surface area contributed by atoms with Gasteiger partial charge in [-0.15, -0.1) is 0 Å². The first kappa shape index (κ1) is 14.4. The Morgan fingerprint density at radius 1 is 1.40 bits per heavy atom. The van der Waals surface area contributed by atoms with Crippen LogP contribution in [-0.4, -0.2) is 35.3 Å². The van der Waals surface area contributed by atoms with E-state index < -0.39 is 5.92 Å². The molecule has 1 aromatic carbocycles. The first-order valence-corrected chi connectivity index (χ1v) is 4.53. The van der Waals surface area contributed by atoms with Gasteiger partial charge < -0.3 is 0 Å². The van der Waals surface area contributed by atoms with Gasteiger partial charge in [0, 0.05) is 0 Å². The first-order chi connectivity index (χ1) is 6.56. The fourth-order valence-corrected chi connectivity index (χ4v) is 1.53. The van der Waals surface area contributed by atoms with E-state index in [4.69, 9.17) is 5.26 Å². The van der Waals surface area contributed by atoms with Gasteiger partial charge in [-0.1, -0.05) is 23.8 Å². The van der Waals surface area contributed by atoms with E-state index in [0.29, 0.717) is 0 Å². The third-order valence-electron chi connectivity index (χ3n) is 2.27. The second-order valence-corrected chi connectivity index (χ2v) is 3.53. The molecule has 15 heavy (non-hydrogen) atoms. The van der Waals surface area contributed by atoms with E-state index in [0.717, 1.165) is 16.7 Å². The van der Waals surface area contributed by atoms with Crippen LogP contribution in [0, 0.1) is 25.2 Å². The average Bonchev–Trinajstić information content (AvgIpc) is 2.09. The number of rotatable bonds is 2. The van der Waals surface area contributed by atoms with Crippen LogP contribution < -0.4 is 0 Å². The number of ketones is 1. The Morgan fingerprint density at radius 3 is 2.40 bits per heavy atom. The Bertz CT molecular complexity index is 407. The Labute approximate surface area is 113 Å². The van der Waals surface area contributed by atoms with Crippen LogP contribution >= 0.6 is 0 Å². The fraction of sp³-hybridized carbons (Fsp3) is 0.333. The molecule has 0 aromatic heterocycles. The Kier molecular flexibility index (Phi) is 5.82. The van der Waals surface area contributed by atoms with Gasteiger partial charge in [-0.05, 0) is 31.9 Å². The number of nitrogens with zero attached hydrogens (tertiary/aromatic N) is 1. The van der Waals surface area contributed by atoms with E-state index in [1.165, 1.54) is 6.92 Å². The minimum absolute atomic E-state index is 0. The van der Waals surface area contributed by atoms with Crippen molar-refractivity contribution in [1.82, 2.24) is 0 Å². The molecule has 0 N–H and O–H groups in total. The molecular formula is C12H14NNaO. The number of hydrogen-bond donors (Lipinski definition) is 0. The molecule has 0 bridgehead atoms. The molecule has 74 valence electrons. The molecule has 3 heteroatoms. The molecule has 1 unspecified atom stereocenters. The molecule has 0 spiro atoms. The third-order valence-corrected chi connectivity index (χ3v) is 2.27. The van der Waals surface area contributed by atoms with Crippen LogP contribution in [-0.2, 0) is 4.79 Å². The van der Waals surface area contributed by atoms with Gasteiger partial charge >= 0.3 is 29.6 Å². The van der Waals surface area contributed by atoms with Gasteiger partial charge in [0.1, 0.15) is 5.92 Å². The maximum atomic E-state index is 11.2. The molecule has 0 fully saturated rings. The Morgan fingerprint density at radius 2 is 2.00 bits per heavy atom. The molecule has 0 radical (unpaired) electrons. The van der Waals surface area contributed by atoms with Crippen LogP contribution in [0.4, 0.5) is 0 Å². The van der Waals surface area contributed by atoms with Crippen molar-refractivity contribution >= 4 is 35.3 Å². The molecule has 0 amide bonds. The van der Waals surface area contributed by atoms with Crippen LogP contribution in [0.2, 0.25) is 0 Å². The predicted molar refractivity (Wildman–Crippen MR) is 62.1 cm³/mol. The van der Waals surface area contributed by atoms with Crippen LogP contribution in [0.15, 0.2) is 18.2 Å². The number of carbonyl (C=O) groups is 1. The summed E-state index contributed by atoms with van der Waals surface area (Å²) in [6.45, 7) is 5.37. The van der Waals surface area contributed by atoms with Crippen LogP contribution in [0.1, 0.15) is 29.5 Å². The number of aryl methyl sites for hydroxylation is 2. The topological polar surface area (TPSA) is 40.9 Å². The van der Waals surface area contributed by atoms with Gasteiger partial charge in [0.15, 0.2) is 5.78 Å². The van der Waals surface area contributed by atoms with Gasteiger partial charge in [-0.25, -0.2) is 0 Å².